The maximum absolute atomic E-state index is 12.5. The summed E-state index contributed by atoms with van der Waals surface area (Å²) < 4.78 is 5.24. The van der Waals surface area contributed by atoms with Gasteiger partial charge in [-0.1, -0.05) is 6.42 Å². The van der Waals surface area contributed by atoms with Crippen molar-refractivity contribution in [3.8, 4) is 0 Å². The average molecular weight is 276 g/mol. The van der Waals surface area contributed by atoms with Crippen molar-refractivity contribution in [3.63, 3.8) is 0 Å². The van der Waals surface area contributed by atoms with Crippen LogP contribution in [0.25, 0.3) is 0 Å². The molecule has 1 saturated heterocycles. The molecule has 106 valence electrons. The second kappa shape index (κ2) is 4.47. The first-order valence-electron chi connectivity index (χ1n) is 6.76. The molecule has 1 aromatic heterocycles. The van der Waals surface area contributed by atoms with Crippen molar-refractivity contribution >= 4 is 17.8 Å². The van der Waals surface area contributed by atoms with Crippen LogP contribution < -0.4 is 5.32 Å². The van der Waals surface area contributed by atoms with Gasteiger partial charge in [0.05, 0.1) is 6.26 Å². The fraction of sp³-hybridized carbons (Fsp3) is 0.500. The summed E-state index contributed by atoms with van der Waals surface area (Å²) in [5.41, 5.74) is -1.01. The van der Waals surface area contributed by atoms with E-state index in [0.717, 1.165) is 6.42 Å². The highest BCUT2D eigenvalue weighted by molar-refractivity contribution is 6.19. The first-order valence-corrected chi connectivity index (χ1v) is 6.76. The summed E-state index contributed by atoms with van der Waals surface area (Å²) in [6.45, 7) is 1.78. The molecular weight excluding hydrogens is 260 g/mol. The Kier molecular flexibility index (Phi) is 2.88. The van der Waals surface area contributed by atoms with E-state index < -0.39 is 17.4 Å². The third kappa shape index (κ3) is 1.75. The number of rotatable bonds is 3. The highest BCUT2D eigenvalue weighted by Gasteiger charge is 2.58. The summed E-state index contributed by atoms with van der Waals surface area (Å²) in [5.74, 6) is -0.102. The summed E-state index contributed by atoms with van der Waals surface area (Å²) in [6, 6.07) is 2.58. The number of nitrogens with one attached hydrogen (secondary N) is 1. The summed E-state index contributed by atoms with van der Waals surface area (Å²) in [5, 5.41) is 2.31. The predicted molar refractivity (Wildman–Crippen MR) is 68.5 cm³/mol. The molecule has 20 heavy (non-hydrogen) atoms. The first-order chi connectivity index (χ1) is 9.54. The molecule has 1 aliphatic carbocycles. The average Bonchev–Trinajstić information content (AvgIpc) is 2.78. The molecule has 3 rings (SSSR count). The van der Waals surface area contributed by atoms with Crippen molar-refractivity contribution in [1.29, 1.82) is 0 Å². The van der Waals surface area contributed by atoms with Crippen LogP contribution in [0.15, 0.2) is 22.8 Å². The topological polar surface area (TPSA) is 79.6 Å². The van der Waals surface area contributed by atoms with E-state index in [1.807, 2.05) is 0 Å². The number of barbiturate groups is 1. The lowest BCUT2D eigenvalue weighted by Crippen LogP contribution is -2.67. The SMILES string of the molecule is CC(Cc1ccco1)N1C(=O)NC(=O)C2(CCC2)C1=O. The molecule has 2 aliphatic rings. The fourth-order valence-electron chi connectivity index (χ4n) is 2.88. The van der Waals surface area contributed by atoms with E-state index in [2.05, 4.69) is 5.32 Å². The summed E-state index contributed by atoms with van der Waals surface area (Å²) in [4.78, 5) is 37.6. The van der Waals surface area contributed by atoms with E-state index in [1.54, 1.807) is 25.3 Å². The van der Waals surface area contributed by atoms with E-state index in [-0.39, 0.29) is 11.9 Å². The van der Waals surface area contributed by atoms with Gasteiger partial charge in [-0.05, 0) is 31.9 Å². The Hall–Kier alpha value is -2.11. The quantitative estimate of drug-likeness (QED) is 0.848. The third-order valence-corrected chi connectivity index (χ3v) is 4.23. The zero-order valence-electron chi connectivity index (χ0n) is 11.2. The molecule has 1 aliphatic heterocycles. The van der Waals surface area contributed by atoms with Crippen LogP contribution in [0.5, 0.6) is 0 Å². The molecule has 6 nitrogen and oxygen atoms in total. The van der Waals surface area contributed by atoms with Crippen LogP contribution in [0.2, 0.25) is 0 Å². The molecule has 2 heterocycles. The number of imide groups is 2. The van der Waals surface area contributed by atoms with E-state index >= 15 is 0 Å². The molecule has 1 N–H and O–H groups in total. The minimum absolute atomic E-state index is 0.348. The van der Waals surface area contributed by atoms with Gasteiger partial charge in [0.2, 0.25) is 11.8 Å². The van der Waals surface area contributed by atoms with Crippen LogP contribution in [-0.4, -0.2) is 28.8 Å². The van der Waals surface area contributed by atoms with Crippen LogP contribution in [0.3, 0.4) is 0 Å². The number of hydrogen-bond donors (Lipinski definition) is 1. The molecule has 2 fully saturated rings. The fourth-order valence-corrected chi connectivity index (χ4v) is 2.88. The normalized spacial score (nSPS) is 22.6. The molecule has 6 heteroatoms. The zero-order valence-corrected chi connectivity index (χ0v) is 11.2. The minimum atomic E-state index is -1.01. The highest BCUT2D eigenvalue weighted by atomic mass is 16.3. The summed E-state index contributed by atoms with van der Waals surface area (Å²) >= 11 is 0. The molecular formula is C14H16N2O4. The van der Waals surface area contributed by atoms with E-state index in [9.17, 15) is 14.4 Å². The number of amides is 4. The summed E-state index contributed by atoms with van der Waals surface area (Å²) in [7, 11) is 0. The van der Waals surface area contributed by atoms with Crippen molar-refractivity contribution in [1.82, 2.24) is 10.2 Å². The number of nitrogens with zero attached hydrogens (tertiary/aromatic N) is 1. The van der Waals surface area contributed by atoms with Crippen LogP contribution in [0.1, 0.15) is 31.9 Å². The van der Waals surface area contributed by atoms with Gasteiger partial charge in [0.15, 0.2) is 0 Å². The standard InChI is InChI=1S/C14H16N2O4/c1-9(8-10-4-2-7-20-10)16-12(18)14(5-3-6-14)11(17)15-13(16)19/h2,4,7,9H,3,5-6,8H2,1H3,(H,15,17,19). The zero-order chi connectivity index (χ0) is 14.3. The van der Waals surface area contributed by atoms with Crippen molar-refractivity contribution in [2.45, 2.75) is 38.6 Å². The molecule has 1 spiro atoms. The predicted octanol–water partition coefficient (Wildman–Crippen LogP) is 1.46. The maximum atomic E-state index is 12.5. The van der Waals surface area contributed by atoms with Crippen LogP contribution in [0, 0.1) is 5.41 Å². The Bertz CT molecular complexity index is 560. The number of hydrogen-bond acceptors (Lipinski definition) is 4. The Morgan fingerprint density at radius 3 is 2.70 bits per heavy atom. The molecule has 0 aromatic carbocycles. The number of carbonyl (C=O) groups excluding carboxylic acids is 3. The van der Waals surface area contributed by atoms with E-state index in [0.29, 0.717) is 25.0 Å². The van der Waals surface area contributed by atoms with Gasteiger partial charge < -0.3 is 4.42 Å². The Labute approximate surface area is 116 Å². The Balaban J connectivity index is 1.82. The lowest BCUT2D eigenvalue weighted by Gasteiger charge is -2.46. The van der Waals surface area contributed by atoms with Crippen molar-refractivity contribution in [3.05, 3.63) is 24.2 Å². The van der Waals surface area contributed by atoms with Crippen LogP contribution >= 0.6 is 0 Å². The molecule has 0 bridgehead atoms. The van der Waals surface area contributed by atoms with Crippen LogP contribution in [0.4, 0.5) is 4.79 Å². The second-order valence-corrected chi connectivity index (χ2v) is 5.50. The van der Waals surface area contributed by atoms with Gasteiger partial charge in [0, 0.05) is 12.5 Å². The Morgan fingerprint density at radius 1 is 1.40 bits per heavy atom. The second-order valence-electron chi connectivity index (χ2n) is 5.50. The first kappa shape index (κ1) is 12.9. The number of urea groups is 1. The maximum Gasteiger partial charge on any atom is 0.331 e. The highest BCUT2D eigenvalue weighted by Crippen LogP contribution is 2.44. The smallest absolute Gasteiger partial charge is 0.331 e. The summed E-state index contributed by atoms with van der Waals surface area (Å²) in [6.07, 6.45) is 3.88. The lowest BCUT2D eigenvalue weighted by molar-refractivity contribution is -0.158. The van der Waals surface area contributed by atoms with Gasteiger partial charge >= 0.3 is 6.03 Å². The third-order valence-electron chi connectivity index (χ3n) is 4.23. The van der Waals surface area contributed by atoms with E-state index in [4.69, 9.17) is 4.42 Å². The largest absolute Gasteiger partial charge is 0.469 e. The van der Waals surface area contributed by atoms with Crippen molar-refractivity contribution in [2.75, 3.05) is 0 Å². The Morgan fingerprint density at radius 2 is 2.15 bits per heavy atom. The lowest BCUT2D eigenvalue weighted by atomic mass is 9.66. The molecule has 0 radical (unpaired) electrons. The molecule has 1 saturated carbocycles. The molecule has 1 atom stereocenters. The van der Waals surface area contributed by atoms with Gasteiger partial charge in [-0.3, -0.25) is 19.8 Å². The minimum Gasteiger partial charge on any atom is -0.469 e. The van der Waals surface area contributed by atoms with Gasteiger partial charge in [0.1, 0.15) is 11.2 Å². The van der Waals surface area contributed by atoms with Crippen molar-refractivity contribution < 1.29 is 18.8 Å². The van der Waals surface area contributed by atoms with Gasteiger partial charge in [0.25, 0.3) is 0 Å². The van der Waals surface area contributed by atoms with Gasteiger partial charge in [-0.2, -0.15) is 0 Å². The number of carbonyl (C=O) groups is 3. The molecule has 1 aromatic rings. The van der Waals surface area contributed by atoms with Gasteiger partial charge in [-0.15, -0.1) is 0 Å². The van der Waals surface area contributed by atoms with Crippen molar-refractivity contribution in [2.24, 2.45) is 5.41 Å². The monoisotopic (exact) mass is 276 g/mol. The molecule has 4 amide bonds. The molecule has 1 unspecified atom stereocenters. The number of furan rings is 1. The van der Waals surface area contributed by atoms with E-state index in [1.165, 1.54) is 4.90 Å². The van der Waals surface area contributed by atoms with Crippen LogP contribution in [-0.2, 0) is 16.0 Å². The van der Waals surface area contributed by atoms with Gasteiger partial charge in [-0.25, -0.2) is 4.79 Å².